The summed E-state index contributed by atoms with van der Waals surface area (Å²) in [6.07, 6.45) is 2.15. The average Bonchev–Trinajstić information content (AvgIpc) is 2.57. The Morgan fingerprint density at radius 2 is 1.86 bits per heavy atom. The number of hydrogen-bond acceptors (Lipinski definition) is 3. The van der Waals surface area contributed by atoms with Crippen molar-refractivity contribution in [3.05, 3.63) is 60.2 Å². The van der Waals surface area contributed by atoms with Gasteiger partial charge in [-0.25, -0.2) is 0 Å². The molecule has 0 aromatic heterocycles. The van der Waals surface area contributed by atoms with E-state index in [0.29, 0.717) is 5.56 Å². The van der Waals surface area contributed by atoms with Gasteiger partial charge in [0.1, 0.15) is 0 Å². The van der Waals surface area contributed by atoms with Crippen LogP contribution in [0.3, 0.4) is 0 Å². The number of piperidine rings is 1. The van der Waals surface area contributed by atoms with Gasteiger partial charge in [-0.2, -0.15) is 0 Å². The minimum absolute atomic E-state index is 0.00888. The highest BCUT2D eigenvalue weighted by atomic mass is 16.1. The summed E-state index contributed by atoms with van der Waals surface area (Å²) >= 11 is 0. The second-order valence-electron chi connectivity index (χ2n) is 5.59. The number of carbonyl (C=O) groups is 1. The normalized spacial score (nSPS) is 17.7. The summed E-state index contributed by atoms with van der Waals surface area (Å²) in [5.41, 5.74) is 2.61. The van der Waals surface area contributed by atoms with Crippen molar-refractivity contribution in [1.82, 2.24) is 10.6 Å². The molecular weight excluding hydrogens is 274 g/mol. The first-order chi connectivity index (χ1) is 10.8. The zero-order chi connectivity index (χ0) is 15.2. The molecule has 3 rings (SSSR count). The molecule has 1 amide bonds. The standard InChI is InChI=1S/C18H21N3O/c22-18(21-17-10-5-11-19-13-17)14-6-4-9-16(12-14)20-15-7-2-1-3-8-15/h1-4,6-9,12,17,19-20H,5,10-11,13H2,(H,21,22)/t17-/m0/s1. The molecule has 4 heteroatoms. The lowest BCUT2D eigenvalue weighted by molar-refractivity contribution is 0.0930. The molecule has 3 N–H and O–H groups in total. The molecule has 1 saturated heterocycles. The van der Waals surface area contributed by atoms with Gasteiger partial charge in [0, 0.05) is 29.5 Å². The van der Waals surface area contributed by atoms with E-state index in [2.05, 4.69) is 16.0 Å². The summed E-state index contributed by atoms with van der Waals surface area (Å²) in [4.78, 5) is 12.4. The Hall–Kier alpha value is -2.33. The van der Waals surface area contributed by atoms with E-state index in [9.17, 15) is 4.79 Å². The molecular formula is C18H21N3O. The fraction of sp³-hybridized carbons (Fsp3) is 0.278. The molecule has 0 bridgehead atoms. The van der Waals surface area contributed by atoms with E-state index in [1.807, 2.05) is 54.6 Å². The van der Waals surface area contributed by atoms with Gasteiger partial charge >= 0.3 is 0 Å². The van der Waals surface area contributed by atoms with Crippen LogP contribution in [0.4, 0.5) is 11.4 Å². The molecule has 2 aromatic carbocycles. The molecule has 1 aliphatic rings. The van der Waals surface area contributed by atoms with E-state index in [1.54, 1.807) is 0 Å². The highest BCUT2D eigenvalue weighted by Gasteiger charge is 2.16. The summed E-state index contributed by atoms with van der Waals surface area (Å²) in [7, 11) is 0. The summed E-state index contributed by atoms with van der Waals surface area (Å²) in [6.45, 7) is 1.90. The van der Waals surface area contributed by atoms with Crippen LogP contribution in [0.1, 0.15) is 23.2 Å². The summed E-state index contributed by atoms with van der Waals surface area (Å²) in [5.74, 6) is -0.00888. The molecule has 1 heterocycles. The van der Waals surface area contributed by atoms with Crippen molar-refractivity contribution in [2.75, 3.05) is 18.4 Å². The van der Waals surface area contributed by atoms with Gasteiger partial charge in [-0.1, -0.05) is 24.3 Å². The molecule has 114 valence electrons. The van der Waals surface area contributed by atoms with Crippen molar-refractivity contribution >= 4 is 17.3 Å². The minimum Gasteiger partial charge on any atom is -0.356 e. The van der Waals surface area contributed by atoms with E-state index in [0.717, 1.165) is 37.3 Å². The highest BCUT2D eigenvalue weighted by molar-refractivity contribution is 5.95. The molecule has 0 unspecified atom stereocenters. The molecule has 0 aliphatic carbocycles. The number of para-hydroxylation sites is 1. The van der Waals surface area contributed by atoms with Gasteiger partial charge in [0.2, 0.25) is 0 Å². The van der Waals surface area contributed by atoms with Crippen molar-refractivity contribution in [2.45, 2.75) is 18.9 Å². The number of benzene rings is 2. The third kappa shape index (κ3) is 3.86. The van der Waals surface area contributed by atoms with E-state index in [4.69, 9.17) is 0 Å². The van der Waals surface area contributed by atoms with Crippen molar-refractivity contribution in [3.63, 3.8) is 0 Å². The Morgan fingerprint density at radius 1 is 1.05 bits per heavy atom. The molecule has 2 aromatic rings. The van der Waals surface area contributed by atoms with Gasteiger partial charge in [-0.05, 0) is 49.7 Å². The van der Waals surface area contributed by atoms with Gasteiger partial charge in [-0.3, -0.25) is 4.79 Å². The molecule has 1 fully saturated rings. The van der Waals surface area contributed by atoms with Crippen LogP contribution in [0.15, 0.2) is 54.6 Å². The summed E-state index contributed by atoms with van der Waals surface area (Å²) in [6, 6.07) is 17.8. The van der Waals surface area contributed by atoms with Crippen LogP contribution in [-0.2, 0) is 0 Å². The van der Waals surface area contributed by atoms with E-state index in [-0.39, 0.29) is 11.9 Å². The lowest BCUT2D eigenvalue weighted by Gasteiger charge is -2.23. The Bertz CT molecular complexity index is 621. The lowest BCUT2D eigenvalue weighted by atomic mass is 10.1. The van der Waals surface area contributed by atoms with Gasteiger partial charge in [-0.15, -0.1) is 0 Å². The lowest BCUT2D eigenvalue weighted by Crippen LogP contribution is -2.45. The zero-order valence-electron chi connectivity index (χ0n) is 12.5. The van der Waals surface area contributed by atoms with E-state index < -0.39 is 0 Å². The quantitative estimate of drug-likeness (QED) is 0.813. The van der Waals surface area contributed by atoms with Crippen LogP contribution in [0.5, 0.6) is 0 Å². The van der Waals surface area contributed by atoms with Crippen LogP contribution in [0.25, 0.3) is 0 Å². The second kappa shape index (κ2) is 7.09. The maximum Gasteiger partial charge on any atom is 0.251 e. The molecule has 1 aliphatic heterocycles. The van der Waals surface area contributed by atoms with Crippen LogP contribution >= 0.6 is 0 Å². The number of anilines is 2. The second-order valence-corrected chi connectivity index (χ2v) is 5.59. The number of hydrogen-bond donors (Lipinski definition) is 3. The van der Waals surface area contributed by atoms with Gasteiger partial charge in [0.05, 0.1) is 0 Å². The third-order valence-electron chi connectivity index (χ3n) is 3.82. The molecule has 1 atom stereocenters. The molecule has 22 heavy (non-hydrogen) atoms. The molecule has 0 radical (unpaired) electrons. The van der Waals surface area contributed by atoms with Crippen molar-refractivity contribution in [2.24, 2.45) is 0 Å². The van der Waals surface area contributed by atoms with Crippen molar-refractivity contribution in [1.29, 1.82) is 0 Å². The Kier molecular flexibility index (Phi) is 4.71. The third-order valence-corrected chi connectivity index (χ3v) is 3.82. The summed E-state index contributed by atoms with van der Waals surface area (Å²) in [5, 5.41) is 9.72. The Balaban J connectivity index is 1.66. The monoisotopic (exact) mass is 295 g/mol. The number of rotatable bonds is 4. The summed E-state index contributed by atoms with van der Waals surface area (Å²) < 4.78 is 0. The smallest absolute Gasteiger partial charge is 0.251 e. The largest absolute Gasteiger partial charge is 0.356 e. The predicted molar refractivity (Wildman–Crippen MR) is 89.5 cm³/mol. The SMILES string of the molecule is O=C(N[C@H]1CCCNC1)c1cccc(Nc2ccccc2)c1. The molecule has 4 nitrogen and oxygen atoms in total. The number of nitrogens with one attached hydrogen (secondary N) is 3. The van der Waals surface area contributed by atoms with Gasteiger partial charge in [0.25, 0.3) is 5.91 Å². The van der Waals surface area contributed by atoms with Crippen molar-refractivity contribution < 1.29 is 4.79 Å². The van der Waals surface area contributed by atoms with Gasteiger partial charge < -0.3 is 16.0 Å². The minimum atomic E-state index is -0.00888. The van der Waals surface area contributed by atoms with Crippen molar-refractivity contribution in [3.8, 4) is 0 Å². The first-order valence-corrected chi connectivity index (χ1v) is 7.75. The average molecular weight is 295 g/mol. The van der Waals surface area contributed by atoms with E-state index >= 15 is 0 Å². The fourth-order valence-electron chi connectivity index (χ4n) is 2.67. The predicted octanol–water partition coefficient (Wildman–Crippen LogP) is 2.91. The maximum atomic E-state index is 12.4. The Morgan fingerprint density at radius 3 is 2.64 bits per heavy atom. The number of carbonyl (C=O) groups excluding carboxylic acids is 1. The Labute approximate surface area is 130 Å². The van der Waals surface area contributed by atoms with Crippen LogP contribution in [0.2, 0.25) is 0 Å². The van der Waals surface area contributed by atoms with E-state index in [1.165, 1.54) is 0 Å². The first-order valence-electron chi connectivity index (χ1n) is 7.75. The van der Waals surface area contributed by atoms with Crippen LogP contribution in [-0.4, -0.2) is 25.0 Å². The topological polar surface area (TPSA) is 53.2 Å². The first kappa shape index (κ1) is 14.6. The molecule has 0 saturated carbocycles. The molecule has 0 spiro atoms. The highest BCUT2D eigenvalue weighted by Crippen LogP contribution is 2.17. The zero-order valence-corrected chi connectivity index (χ0v) is 12.5. The fourth-order valence-corrected chi connectivity index (χ4v) is 2.67. The van der Waals surface area contributed by atoms with Crippen LogP contribution < -0.4 is 16.0 Å². The van der Waals surface area contributed by atoms with Gasteiger partial charge in [0.15, 0.2) is 0 Å². The van der Waals surface area contributed by atoms with Crippen LogP contribution in [0, 0.1) is 0 Å². The maximum absolute atomic E-state index is 12.4. The number of amides is 1.